The van der Waals surface area contributed by atoms with Crippen LogP contribution in [0.3, 0.4) is 0 Å². The lowest BCUT2D eigenvalue weighted by Crippen LogP contribution is -2.04. The number of ketones is 1. The molecule has 4 heteroatoms. The predicted octanol–water partition coefficient (Wildman–Crippen LogP) is 2.56. The van der Waals surface area contributed by atoms with Gasteiger partial charge in [0.05, 0.1) is 0 Å². The van der Waals surface area contributed by atoms with Gasteiger partial charge in [0.15, 0.2) is 5.78 Å². The van der Waals surface area contributed by atoms with Crippen molar-refractivity contribution in [3.05, 3.63) is 59.1 Å². The van der Waals surface area contributed by atoms with Crippen LogP contribution in [0.5, 0.6) is 0 Å². The van der Waals surface area contributed by atoms with Gasteiger partial charge in [-0.05, 0) is 23.8 Å². The summed E-state index contributed by atoms with van der Waals surface area (Å²) >= 11 is 5.88. The fourth-order valence-electron chi connectivity index (χ4n) is 1.36. The van der Waals surface area contributed by atoms with Crippen LogP contribution in [0.4, 0.5) is 0 Å². The Bertz CT molecular complexity index is 499. The highest BCUT2D eigenvalue weighted by Crippen LogP contribution is 2.14. The highest BCUT2D eigenvalue weighted by molar-refractivity contribution is 6.30. The summed E-state index contributed by atoms with van der Waals surface area (Å²) in [5, 5.41) is 0.380. The summed E-state index contributed by atoms with van der Waals surface area (Å²) in [4.78, 5) is 19.6. The summed E-state index contributed by atoms with van der Waals surface area (Å²) in [6, 6.07) is 6.94. The Morgan fingerprint density at radius 2 is 1.94 bits per heavy atom. The SMILES string of the molecule is O=C(Cc1cccnc1Cl)c1ccncc1. The average molecular weight is 233 g/mol. The minimum Gasteiger partial charge on any atom is -0.294 e. The van der Waals surface area contributed by atoms with Crippen LogP contribution in [0.15, 0.2) is 42.9 Å². The molecule has 0 aliphatic carbocycles. The predicted molar refractivity (Wildman–Crippen MR) is 61.5 cm³/mol. The smallest absolute Gasteiger partial charge is 0.167 e. The molecule has 0 aliphatic rings. The molecule has 80 valence electrons. The Balaban J connectivity index is 2.18. The molecule has 3 nitrogen and oxygen atoms in total. The van der Waals surface area contributed by atoms with Gasteiger partial charge in [0, 0.05) is 30.6 Å². The second-order valence-electron chi connectivity index (χ2n) is 3.29. The van der Waals surface area contributed by atoms with E-state index in [1.807, 2.05) is 0 Å². The maximum Gasteiger partial charge on any atom is 0.167 e. The Labute approximate surface area is 98.1 Å². The third-order valence-electron chi connectivity index (χ3n) is 2.19. The molecule has 2 aromatic heterocycles. The monoisotopic (exact) mass is 232 g/mol. The van der Waals surface area contributed by atoms with Gasteiger partial charge in [0.25, 0.3) is 0 Å². The van der Waals surface area contributed by atoms with Crippen molar-refractivity contribution >= 4 is 17.4 Å². The van der Waals surface area contributed by atoms with Crippen LogP contribution in [0, 0.1) is 0 Å². The van der Waals surface area contributed by atoms with Gasteiger partial charge in [-0.25, -0.2) is 4.98 Å². The zero-order valence-corrected chi connectivity index (χ0v) is 9.19. The fraction of sp³-hybridized carbons (Fsp3) is 0.0833. The number of aromatic nitrogens is 2. The van der Waals surface area contributed by atoms with E-state index in [0.717, 1.165) is 5.56 Å². The number of hydrogen-bond acceptors (Lipinski definition) is 3. The normalized spacial score (nSPS) is 10.1. The van der Waals surface area contributed by atoms with Gasteiger partial charge in [-0.1, -0.05) is 17.7 Å². The van der Waals surface area contributed by atoms with Crippen molar-refractivity contribution in [3.63, 3.8) is 0 Å². The van der Waals surface area contributed by atoms with Crippen LogP contribution in [-0.2, 0) is 6.42 Å². The van der Waals surface area contributed by atoms with E-state index in [1.165, 1.54) is 0 Å². The van der Waals surface area contributed by atoms with Gasteiger partial charge < -0.3 is 0 Å². The topological polar surface area (TPSA) is 42.9 Å². The lowest BCUT2D eigenvalue weighted by molar-refractivity contribution is 0.0993. The van der Waals surface area contributed by atoms with E-state index >= 15 is 0 Å². The van der Waals surface area contributed by atoms with Gasteiger partial charge in [0.1, 0.15) is 5.15 Å². The molecule has 0 amide bonds. The number of halogens is 1. The molecule has 2 aromatic rings. The molecular weight excluding hydrogens is 224 g/mol. The van der Waals surface area contributed by atoms with Crippen molar-refractivity contribution in [2.24, 2.45) is 0 Å². The second kappa shape index (κ2) is 4.86. The highest BCUT2D eigenvalue weighted by Gasteiger charge is 2.09. The molecule has 2 heterocycles. The third kappa shape index (κ3) is 2.44. The molecule has 0 bridgehead atoms. The van der Waals surface area contributed by atoms with E-state index in [2.05, 4.69) is 9.97 Å². The van der Waals surface area contributed by atoms with Crippen LogP contribution < -0.4 is 0 Å². The molecule has 0 radical (unpaired) electrons. The number of carbonyl (C=O) groups excluding carboxylic acids is 1. The molecule has 0 unspecified atom stereocenters. The minimum absolute atomic E-state index is 0.0114. The Kier molecular flexibility index (Phi) is 3.27. The molecule has 0 fully saturated rings. The standard InChI is InChI=1S/C12H9ClN2O/c13-12-10(2-1-5-15-12)8-11(16)9-3-6-14-7-4-9/h1-7H,8H2. The zero-order chi connectivity index (χ0) is 11.4. The van der Waals surface area contributed by atoms with Crippen LogP contribution in [-0.4, -0.2) is 15.8 Å². The van der Waals surface area contributed by atoms with E-state index in [-0.39, 0.29) is 12.2 Å². The van der Waals surface area contributed by atoms with Crippen molar-refractivity contribution in [2.45, 2.75) is 6.42 Å². The molecular formula is C12H9ClN2O. The van der Waals surface area contributed by atoms with E-state index in [1.54, 1.807) is 42.9 Å². The van der Waals surface area contributed by atoms with Crippen LogP contribution in [0.2, 0.25) is 5.15 Å². The van der Waals surface area contributed by atoms with Gasteiger partial charge >= 0.3 is 0 Å². The van der Waals surface area contributed by atoms with E-state index in [4.69, 9.17) is 11.6 Å². The first-order valence-corrected chi connectivity index (χ1v) is 5.18. The highest BCUT2D eigenvalue weighted by atomic mass is 35.5. The van der Waals surface area contributed by atoms with Crippen molar-refractivity contribution in [2.75, 3.05) is 0 Å². The maximum absolute atomic E-state index is 11.9. The number of carbonyl (C=O) groups is 1. The maximum atomic E-state index is 11.9. The summed E-state index contributed by atoms with van der Waals surface area (Å²) in [6.45, 7) is 0. The Morgan fingerprint density at radius 3 is 2.62 bits per heavy atom. The Morgan fingerprint density at radius 1 is 1.19 bits per heavy atom. The van der Waals surface area contributed by atoms with Gasteiger partial charge in [0.2, 0.25) is 0 Å². The first-order chi connectivity index (χ1) is 7.77. The van der Waals surface area contributed by atoms with Gasteiger partial charge in [-0.3, -0.25) is 9.78 Å². The molecule has 0 saturated heterocycles. The Hall–Kier alpha value is -1.74. The molecule has 0 spiro atoms. The number of Topliss-reactive ketones (excluding diaryl/α,β-unsaturated/α-hetero) is 1. The van der Waals surface area contributed by atoms with Gasteiger partial charge in [-0.2, -0.15) is 0 Å². The van der Waals surface area contributed by atoms with Crippen molar-refractivity contribution in [1.82, 2.24) is 9.97 Å². The van der Waals surface area contributed by atoms with E-state index < -0.39 is 0 Å². The van der Waals surface area contributed by atoms with Crippen molar-refractivity contribution in [1.29, 1.82) is 0 Å². The van der Waals surface area contributed by atoms with Crippen molar-refractivity contribution < 1.29 is 4.79 Å². The van der Waals surface area contributed by atoms with Crippen LogP contribution >= 0.6 is 11.6 Å². The van der Waals surface area contributed by atoms with E-state index in [0.29, 0.717) is 10.7 Å². The van der Waals surface area contributed by atoms with Crippen LogP contribution in [0.25, 0.3) is 0 Å². The fourth-order valence-corrected chi connectivity index (χ4v) is 1.55. The minimum atomic E-state index is 0.0114. The average Bonchev–Trinajstić information content (AvgIpc) is 2.33. The summed E-state index contributed by atoms with van der Waals surface area (Å²) in [5.41, 5.74) is 1.38. The van der Waals surface area contributed by atoms with E-state index in [9.17, 15) is 4.79 Å². The first-order valence-electron chi connectivity index (χ1n) is 4.80. The lowest BCUT2D eigenvalue weighted by Gasteiger charge is -2.02. The van der Waals surface area contributed by atoms with Crippen molar-refractivity contribution in [3.8, 4) is 0 Å². The second-order valence-corrected chi connectivity index (χ2v) is 3.65. The van der Waals surface area contributed by atoms with Crippen LogP contribution in [0.1, 0.15) is 15.9 Å². The zero-order valence-electron chi connectivity index (χ0n) is 8.43. The third-order valence-corrected chi connectivity index (χ3v) is 2.53. The lowest BCUT2D eigenvalue weighted by atomic mass is 10.1. The summed E-state index contributed by atoms with van der Waals surface area (Å²) in [7, 11) is 0. The molecule has 0 atom stereocenters. The summed E-state index contributed by atoms with van der Waals surface area (Å²) < 4.78 is 0. The molecule has 0 N–H and O–H groups in total. The summed E-state index contributed by atoms with van der Waals surface area (Å²) in [5.74, 6) is 0.0114. The number of rotatable bonds is 3. The number of hydrogen-bond donors (Lipinski definition) is 0. The molecule has 0 saturated carbocycles. The molecule has 16 heavy (non-hydrogen) atoms. The molecule has 0 aliphatic heterocycles. The first kappa shape index (κ1) is 10.8. The van der Waals surface area contributed by atoms with Gasteiger partial charge in [-0.15, -0.1) is 0 Å². The quantitative estimate of drug-likeness (QED) is 0.603. The molecule has 2 rings (SSSR count). The number of pyridine rings is 2. The summed E-state index contributed by atoms with van der Waals surface area (Å²) in [6.07, 6.45) is 5.05. The molecule has 0 aromatic carbocycles. The largest absolute Gasteiger partial charge is 0.294 e. The number of nitrogens with zero attached hydrogens (tertiary/aromatic N) is 2.